The van der Waals surface area contributed by atoms with Crippen molar-refractivity contribution in [2.24, 2.45) is 0 Å². The molecule has 1 fully saturated rings. The number of nitrogens with two attached hydrogens (primary N) is 1. The largest absolute Gasteiger partial charge is 0.383 e. The fraction of sp³-hybridized carbons (Fsp3) is 0.667. The van der Waals surface area contributed by atoms with Gasteiger partial charge in [-0.3, -0.25) is 0 Å². The van der Waals surface area contributed by atoms with Gasteiger partial charge in [0.25, 0.3) is 0 Å². The smallest absolute Gasteiger partial charge is 0.159 e. The lowest BCUT2D eigenvalue weighted by atomic mass is 10.2. The highest BCUT2D eigenvalue weighted by Crippen LogP contribution is 2.32. The van der Waals surface area contributed by atoms with Gasteiger partial charge in [-0.15, -0.1) is 0 Å². The number of rotatable bonds is 3. The van der Waals surface area contributed by atoms with E-state index >= 15 is 0 Å². The van der Waals surface area contributed by atoms with Gasteiger partial charge in [0.1, 0.15) is 11.9 Å². The van der Waals surface area contributed by atoms with Crippen molar-refractivity contribution in [3.63, 3.8) is 0 Å². The van der Waals surface area contributed by atoms with E-state index in [1.807, 2.05) is 0 Å². The number of aromatic nitrogens is 2. The second-order valence-electron chi connectivity index (χ2n) is 4.49. The molecule has 2 heterocycles. The van der Waals surface area contributed by atoms with Crippen molar-refractivity contribution < 1.29 is 4.74 Å². The van der Waals surface area contributed by atoms with E-state index in [1.165, 1.54) is 0 Å². The van der Waals surface area contributed by atoms with Crippen LogP contribution in [0.25, 0.3) is 0 Å². The van der Waals surface area contributed by atoms with E-state index in [0.29, 0.717) is 11.9 Å². The zero-order valence-corrected chi connectivity index (χ0v) is 12.4. The number of anilines is 1. The summed E-state index contributed by atoms with van der Waals surface area (Å²) in [4.78, 5) is 8.98. The molecule has 2 rings (SSSR count). The van der Waals surface area contributed by atoms with Crippen LogP contribution >= 0.6 is 22.6 Å². The maximum absolute atomic E-state index is 5.94. The third-order valence-electron chi connectivity index (χ3n) is 2.97. The van der Waals surface area contributed by atoms with Gasteiger partial charge in [0.05, 0.1) is 15.4 Å². The molecule has 0 amide bonds. The molecular weight excluding hydrogens is 329 g/mol. The summed E-state index contributed by atoms with van der Waals surface area (Å²) < 4.78 is 6.78. The Kier molecular flexibility index (Phi) is 4.19. The van der Waals surface area contributed by atoms with Crippen LogP contribution in [0.15, 0.2) is 0 Å². The van der Waals surface area contributed by atoms with Gasteiger partial charge in [0.2, 0.25) is 0 Å². The van der Waals surface area contributed by atoms with Gasteiger partial charge in [0, 0.05) is 0 Å². The maximum Gasteiger partial charge on any atom is 0.159 e. The van der Waals surface area contributed by atoms with E-state index in [4.69, 9.17) is 10.5 Å². The minimum atomic E-state index is 0.0277. The molecule has 1 aromatic rings. The lowest BCUT2D eigenvalue weighted by Crippen LogP contribution is -2.11. The van der Waals surface area contributed by atoms with E-state index in [1.54, 1.807) is 0 Å². The minimum Gasteiger partial charge on any atom is -0.383 e. The number of hydrogen-bond donors (Lipinski definition) is 1. The second-order valence-corrected chi connectivity index (χ2v) is 5.57. The molecule has 2 unspecified atom stereocenters. The molecule has 0 spiro atoms. The monoisotopic (exact) mass is 347 g/mol. The van der Waals surface area contributed by atoms with Crippen molar-refractivity contribution in [2.45, 2.75) is 51.7 Å². The Labute approximate surface area is 115 Å². The van der Waals surface area contributed by atoms with Crippen molar-refractivity contribution in [2.75, 3.05) is 5.73 Å². The van der Waals surface area contributed by atoms with Crippen LogP contribution in [0.3, 0.4) is 0 Å². The molecule has 17 heavy (non-hydrogen) atoms. The average molecular weight is 347 g/mol. The second kappa shape index (κ2) is 5.48. The van der Waals surface area contributed by atoms with Crippen LogP contribution in [0.4, 0.5) is 5.82 Å². The molecule has 0 saturated carbocycles. The Morgan fingerprint density at radius 3 is 2.76 bits per heavy atom. The highest BCUT2D eigenvalue weighted by atomic mass is 127. The third-order valence-corrected chi connectivity index (χ3v) is 4.14. The Morgan fingerprint density at radius 2 is 2.18 bits per heavy atom. The van der Waals surface area contributed by atoms with E-state index < -0.39 is 0 Å². The first-order valence-electron chi connectivity index (χ1n) is 6.09. The summed E-state index contributed by atoms with van der Waals surface area (Å²) in [6, 6.07) is 0. The van der Waals surface area contributed by atoms with Crippen LogP contribution in [-0.4, -0.2) is 16.1 Å². The molecule has 1 saturated heterocycles. The summed E-state index contributed by atoms with van der Waals surface area (Å²) in [5.41, 5.74) is 6.99. The van der Waals surface area contributed by atoms with E-state index in [2.05, 4.69) is 46.4 Å². The van der Waals surface area contributed by atoms with E-state index in [9.17, 15) is 0 Å². The lowest BCUT2D eigenvalue weighted by Gasteiger charge is -2.13. The van der Waals surface area contributed by atoms with Crippen molar-refractivity contribution in [3.05, 3.63) is 15.1 Å². The molecule has 94 valence electrons. The van der Waals surface area contributed by atoms with Crippen LogP contribution in [0.2, 0.25) is 0 Å². The number of nitrogen functional groups attached to an aromatic ring is 1. The van der Waals surface area contributed by atoms with Crippen LogP contribution < -0.4 is 5.73 Å². The van der Waals surface area contributed by atoms with Crippen LogP contribution in [0.1, 0.15) is 50.7 Å². The summed E-state index contributed by atoms with van der Waals surface area (Å²) in [5.74, 6) is 1.35. The molecule has 0 aliphatic carbocycles. The summed E-state index contributed by atoms with van der Waals surface area (Å²) in [7, 11) is 0. The molecule has 0 aromatic carbocycles. The molecule has 1 aromatic heterocycles. The van der Waals surface area contributed by atoms with Gasteiger partial charge < -0.3 is 10.5 Å². The van der Waals surface area contributed by atoms with Crippen molar-refractivity contribution >= 4 is 28.4 Å². The Bertz CT molecular complexity index is 411. The van der Waals surface area contributed by atoms with Gasteiger partial charge in [-0.05, 0) is 48.8 Å². The fourth-order valence-electron chi connectivity index (χ4n) is 2.07. The zero-order chi connectivity index (χ0) is 12.4. The number of nitrogens with zero attached hydrogens (tertiary/aromatic N) is 2. The molecule has 5 heteroatoms. The first-order valence-corrected chi connectivity index (χ1v) is 7.17. The molecule has 1 aliphatic heterocycles. The number of halogens is 1. The number of aryl methyl sites for hydroxylation is 1. The zero-order valence-electron chi connectivity index (χ0n) is 10.2. The first-order chi connectivity index (χ1) is 8.11. The Hall–Kier alpha value is -0.430. The molecule has 2 atom stereocenters. The van der Waals surface area contributed by atoms with Gasteiger partial charge >= 0.3 is 0 Å². The Morgan fingerprint density at radius 1 is 1.41 bits per heavy atom. The normalized spacial score (nSPS) is 24.2. The van der Waals surface area contributed by atoms with Crippen molar-refractivity contribution in [1.82, 2.24) is 9.97 Å². The standard InChI is InChI=1S/C12H18IN3O/c1-3-4-8-10(13)11(14)16-12(15-8)9-6-5-7(2)17-9/h7,9H,3-6H2,1-2H3,(H2,14,15,16). The highest BCUT2D eigenvalue weighted by Gasteiger charge is 2.26. The number of ether oxygens (including phenoxy) is 1. The molecule has 0 bridgehead atoms. The highest BCUT2D eigenvalue weighted by molar-refractivity contribution is 14.1. The van der Waals surface area contributed by atoms with E-state index in [-0.39, 0.29) is 6.10 Å². The maximum atomic E-state index is 5.94. The van der Waals surface area contributed by atoms with Crippen LogP contribution in [-0.2, 0) is 11.2 Å². The van der Waals surface area contributed by atoms with E-state index in [0.717, 1.165) is 40.8 Å². The van der Waals surface area contributed by atoms with Crippen LogP contribution in [0.5, 0.6) is 0 Å². The van der Waals surface area contributed by atoms with Gasteiger partial charge in [-0.2, -0.15) is 0 Å². The minimum absolute atomic E-state index is 0.0277. The predicted octanol–water partition coefficient (Wildman–Crippen LogP) is 2.86. The summed E-state index contributed by atoms with van der Waals surface area (Å²) in [5, 5.41) is 0. The number of hydrogen-bond acceptors (Lipinski definition) is 4. The molecular formula is C12H18IN3O. The predicted molar refractivity (Wildman–Crippen MR) is 75.7 cm³/mol. The molecule has 2 N–H and O–H groups in total. The summed E-state index contributed by atoms with van der Waals surface area (Å²) >= 11 is 2.22. The summed E-state index contributed by atoms with van der Waals surface area (Å²) in [6.07, 6.45) is 4.41. The molecule has 1 aliphatic rings. The molecule has 0 radical (unpaired) electrons. The molecule has 4 nitrogen and oxygen atoms in total. The van der Waals surface area contributed by atoms with Crippen molar-refractivity contribution in [3.8, 4) is 0 Å². The fourth-order valence-corrected chi connectivity index (χ4v) is 2.58. The topological polar surface area (TPSA) is 61.0 Å². The third kappa shape index (κ3) is 2.88. The summed E-state index contributed by atoms with van der Waals surface area (Å²) in [6.45, 7) is 4.23. The van der Waals surface area contributed by atoms with Crippen LogP contribution in [0, 0.1) is 3.57 Å². The average Bonchev–Trinajstić information content (AvgIpc) is 2.71. The van der Waals surface area contributed by atoms with Gasteiger partial charge in [-0.1, -0.05) is 13.3 Å². The lowest BCUT2D eigenvalue weighted by molar-refractivity contribution is 0.0502. The first kappa shape index (κ1) is 13.0. The quantitative estimate of drug-likeness (QED) is 0.855. The Balaban J connectivity index is 2.28. The SMILES string of the molecule is CCCc1nc(C2CCC(C)O2)nc(N)c1I. The van der Waals surface area contributed by atoms with Gasteiger partial charge in [-0.25, -0.2) is 9.97 Å². The van der Waals surface area contributed by atoms with Crippen molar-refractivity contribution in [1.29, 1.82) is 0 Å². The van der Waals surface area contributed by atoms with Gasteiger partial charge in [0.15, 0.2) is 5.82 Å².